The quantitative estimate of drug-likeness (QED) is 0.750. The van der Waals surface area contributed by atoms with Crippen LogP contribution in [0.25, 0.3) is 10.9 Å². The Kier molecular flexibility index (Phi) is 7.24. The number of fused-ring (bicyclic) bond motifs is 1. The molecule has 27 heavy (non-hydrogen) atoms. The number of benzene rings is 1. The summed E-state index contributed by atoms with van der Waals surface area (Å²) < 4.78 is 5.32. The van der Waals surface area contributed by atoms with Crippen LogP contribution in [0.1, 0.15) is 58.6 Å². The van der Waals surface area contributed by atoms with Crippen LogP contribution in [0.3, 0.4) is 0 Å². The van der Waals surface area contributed by atoms with Gasteiger partial charge in [0.05, 0.1) is 5.52 Å². The lowest BCUT2D eigenvalue weighted by molar-refractivity contribution is 0.0520. The maximum Gasteiger partial charge on any atom is 0.407 e. The molecule has 4 heteroatoms. The van der Waals surface area contributed by atoms with Crippen molar-refractivity contribution in [2.45, 2.75) is 59.5 Å². The number of hydrogen-bond donors (Lipinski definition) is 1. The molecule has 4 nitrogen and oxygen atoms in total. The van der Waals surface area contributed by atoms with E-state index in [1.54, 1.807) is 0 Å². The van der Waals surface area contributed by atoms with Crippen molar-refractivity contribution in [1.82, 2.24) is 10.3 Å². The minimum absolute atomic E-state index is 0.245. The lowest BCUT2D eigenvalue weighted by atomic mass is 9.94. The van der Waals surface area contributed by atoms with Gasteiger partial charge in [-0.1, -0.05) is 43.9 Å². The third kappa shape index (κ3) is 6.60. The highest BCUT2D eigenvalue weighted by Crippen LogP contribution is 2.23. The van der Waals surface area contributed by atoms with Gasteiger partial charge in [-0.2, -0.15) is 0 Å². The van der Waals surface area contributed by atoms with Crippen molar-refractivity contribution in [2.24, 2.45) is 5.92 Å². The molecular weight excluding hydrogens is 336 g/mol. The molecule has 0 saturated heterocycles. The van der Waals surface area contributed by atoms with Crippen LogP contribution in [-0.4, -0.2) is 23.2 Å². The van der Waals surface area contributed by atoms with Crippen molar-refractivity contribution >= 4 is 17.0 Å². The van der Waals surface area contributed by atoms with E-state index in [9.17, 15) is 4.79 Å². The van der Waals surface area contributed by atoms with Crippen LogP contribution in [0.2, 0.25) is 0 Å². The summed E-state index contributed by atoms with van der Waals surface area (Å²) in [5.41, 5.74) is 2.66. The molecule has 1 aromatic carbocycles. The lowest BCUT2D eigenvalue weighted by Gasteiger charge is -2.21. The molecule has 2 aromatic rings. The Bertz CT molecular complexity index is 841. The largest absolute Gasteiger partial charge is 0.444 e. The van der Waals surface area contributed by atoms with Gasteiger partial charge in [0.1, 0.15) is 5.60 Å². The summed E-state index contributed by atoms with van der Waals surface area (Å²) in [4.78, 5) is 16.5. The SMILES string of the molecule is CCCC#Cc1cnc2ccccc2c1CC(C)CNC(=O)OC(C)(C)C. The van der Waals surface area contributed by atoms with Crippen molar-refractivity contribution in [2.75, 3.05) is 6.54 Å². The standard InChI is InChI=1S/C23H30N2O2/c1-6-7-8-11-18-16-24-21-13-10-9-12-19(21)20(18)14-17(2)15-25-22(26)27-23(3,4)5/h9-10,12-13,16-17H,6-7,14-15H2,1-5H3,(H,25,26). The van der Waals surface area contributed by atoms with Crippen LogP contribution < -0.4 is 5.32 Å². The van der Waals surface area contributed by atoms with E-state index in [-0.39, 0.29) is 12.0 Å². The van der Waals surface area contributed by atoms with Crippen molar-refractivity contribution in [3.8, 4) is 11.8 Å². The van der Waals surface area contributed by atoms with E-state index in [2.05, 4.69) is 42.1 Å². The highest BCUT2D eigenvalue weighted by Gasteiger charge is 2.17. The Hall–Kier alpha value is -2.54. The number of nitrogens with zero attached hydrogens (tertiary/aromatic N) is 1. The molecule has 0 aliphatic carbocycles. The zero-order valence-corrected chi connectivity index (χ0v) is 17.1. The topological polar surface area (TPSA) is 51.2 Å². The molecule has 144 valence electrons. The van der Waals surface area contributed by atoms with Crippen LogP contribution in [0.4, 0.5) is 4.79 Å². The first-order valence-electron chi connectivity index (χ1n) is 9.62. The Morgan fingerprint density at radius 1 is 1.30 bits per heavy atom. The molecule has 1 aromatic heterocycles. The fourth-order valence-electron chi connectivity index (χ4n) is 2.80. The Morgan fingerprint density at radius 3 is 2.74 bits per heavy atom. The van der Waals surface area contributed by atoms with Gasteiger partial charge in [0.15, 0.2) is 0 Å². The van der Waals surface area contributed by atoms with Crippen LogP contribution in [0, 0.1) is 17.8 Å². The maximum atomic E-state index is 11.9. The summed E-state index contributed by atoms with van der Waals surface area (Å²) in [5.74, 6) is 6.75. The van der Waals surface area contributed by atoms with Gasteiger partial charge in [0.2, 0.25) is 0 Å². The summed E-state index contributed by atoms with van der Waals surface area (Å²) in [5, 5.41) is 4.00. The number of pyridine rings is 1. The van der Waals surface area contributed by atoms with Crippen LogP contribution >= 0.6 is 0 Å². The molecule has 1 unspecified atom stereocenters. The Balaban J connectivity index is 2.17. The number of unbranched alkanes of at least 4 members (excludes halogenated alkanes) is 1. The van der Waals surface area contributed by atoms with Crippen molar-refractivity contribution in [1.29, 1.82) is 0 Å². The molecule has 0 saturated carbocycles. The highest BCUT2D eigenvalue weighted by molar-refractivity contribution is 5.84. The van der Waals surface area contributed by atoms with Gasteiger partial charge in [-0.05, 0) is 51.2 Å². The predicted molar refractivity (Wildman–Crippen MR) is 111 cm³/mol. The summed E-state index contributed by atoms with van der Waals surface area (Å²) in [7, 11) is 0. The molecule has 0 spiro atoms. The second-order valence-electron chi connectivity index (χ2n) is 7.91. The summed E-state index contributed by atoms with van der Waals surface area (Å²) >= 11 is 0. The van der Waals surface area contributed by atoms with Crippen LogP contribution in [-0.2, 0) is 11.2 Å². The fraction of sp³-hybridized carbons (Fsp3) is 0.478. The monoisotopic (exact) mass is 366 g/mol. The van der Waals surface area contributed by atoms with Crippen molar-refractivity contribution in [3.05, 3.63) is 41.6 Å². The summed E-state index contributed by atoms with van der Waals surface area (Å²) in [6.07, 6.45) is 4.22. The lowest BCUT2D eigenvalue weighted by Crippen LogP contribution is -2.35. The molecule has 1 atom stereocenters. The first kappa shape index (κ1) is 20.8. The zero-order valence-electron chi connectivity index (χ0n) is 17.1. The van der Waals surface area contributed by atoms with Crippen molar-refractivity contribution in [3.63, 3.8) is 0 Å². The highest BCUT2D eigenvalue weighted by atomic mass is 16.6. The van der Waals surface area contributed by atoms with Crippen LogP contribution in [0.5, 0.6) is 0 Å². The molecule has 0 aliphatic heterocycles. The van der Waals surface area contributed by atoms with Gasteiger partial charge in [-0.25, -0.2) is 4.79 Å². The van der Waals surface area contributed by atoms with E-state index in [1.807, 2.05) is 45.2 Å². The number of rotatable bonds is 5. The van der Waals surface area contributed by atoms with Gasteiger partial charge < -0.3 is 10.1 Å². The second-order valence-corrected chi connectivity index (χ2v) is 7.91. The van der Waals surface area contributed by atoms with Gasteiger partial charge in [-0.15, -0.1) is 0 Å². The van der Waals surface area contributed by atoms with E-state index in [0.717, 1.165) is 35.7 Å². The number of carbonyl (C=O) groups excluding carboxylic acids is 1. The average molecular weight is 367 g/mol. The number of amides is 1. The normalized spacial score (nSPS) is 12.2. The van der Waals surface area contributed by atoms with E-state index in [1.165, 1.54) is 5.56 Å². The Morgan fingerprint density at radius 2 is 2.04 bits per heavy atom. The minimum atomic E-state index is -0.489. The molecular formula is C23H30N2O2. The molecule has 0 radical (unpaired) electrons. The molecule has 0 aliphatic rings. The third-order valence-corrected chi connectivity index (χ3v) is 4.03. The smallest absolute Gasteiger partial charge is 0.407 e. The van der Waals surface area contributed by atoms with Crippen molar-refractivity contribution < 1.29 is 9.53 Å². The molecule has 0 bridgehead atoms. The molecule has 2 rings (SSSR count). The van der Waals surface area contributed by atoms with Crippen LogP contribution in [0.15, 0.2) is 30.5 Å². The predicted octanol–water partition coefficient (Wildman–Crippen LogP) is 5.09. The summed E-state index contributed by atoms with van der Waals surface area (Å²) in [6, 6.07) is 8.14. The van der Waals surface area contributed by atoms with E-state index in [4.69, 9.17) is 4.74 Å². The van der Waals surface area contributed by atoms with Gasteiger partial charge >= 0.3 is 6.09 Å². The van der Waals surface area contributed by atoms with E-state index < -0.39 is 5.60 Å². The number of ether oxygens (including phenoxy) is 1. The number of para-hydroxylation sites is 1. The molecule has 1 heterocycles. The summed E-state index contributed by atoms with van der Waals surface area (Å²) in [6.45, 7) is 10.4. The number of alkyl carbamates (subject to hydrolysis) is 1. The number of nitrogens with one attached hydrogen (secondary N) is 1. The zero-order chi connectivity index (χ0) is 19.9. The molecule has 0 fully saturated rings. The maximum absolute atomic E-state index is 11.9. The first-order valence-corrected chi connectivity index (χ1v) is 9.62. The third-order valence-electron chi connectivity index (χ3n) is 4.03. The number of hydrogen-bond acceptors (Lipinski definition) is 3. The molecule has 1 N–H and O–H groups in total. The second kappa shape index (κ2) is 9.41. The van der Waals surface area contributed by atoms with Gasteiger partial charge in [0, 0.05) is 30.1 Å². The van der Waals surface area contributed by atoms with E-state index >= 15 is 0 Å². The first-order chi connectivity index (χ1) is 12.8. The Labute approximate surface area is 162 Å². The van der Waals surface area contributed by atoms with Gasteiger partial charge in [0.25, 0.3) is 0 Å². The average Bonchev–Trinajstić information content (AvgIpc) is 2.60. The number of carbonyl (C=O) groups is 1. The molecule has 1 amide bonds. The van der Waals surface area contributed by atoms with E-state index in [0.29, 0.717) is 6.54 Å². The minimum Gasteiger partial charge on any atom is -0.444 e. The number of aromatic nitrogens is 1. The fourth-order valence-corrected chi connectivity index (χ4v) is 2.80. The van der Waals surface area contributed by atoms with Gasteiger partial charge in [-0.3, -0.25) is 4.98 Å².